The molecule has 0 atom stereocenters. The number of aromatic nitrogens is 2. The fourth-order valence-corrected chi connectivity index (χ4v) is 1.44. The number of rotatable bonds is 0. The van der Waals surface area contributed by atoms with E-state index in [0.29, 0.717) is 5.75 Å². The number of nitrogens with zero attached hydrogens (tertiary/aromatic N) is 2. The molecule has 1 aromatic heterocycles. The Bertz CT molecular complexity index is 513. The van der Waals surface area contributed by atoms with Crippen molar-refractivity contribution in [1.82, 2.24) is 9.97 Å². The van der Waals surface area contributed by atoms with Gasteiger partial charge in [-0.05, 0) is 6.07 Å². The lowest BCUT2D eigenvalue weighted by Gasteiger charge is -1.99. The van der Waals surface area contributed by atoms with Gasteiger partial charge in [0.05, 0.1) is 5.52 Å². The first kappa shape index (κ1) is 7.37. The van der Waals surface area contributed by atoms with Crippen LogP contribution in [0.3, 0.4) is 0 Å². The molecule has 0 spiro atoms. The summed E-state index contributed by atoms with van der Waals surface area (Å²) in [5, 5.41) is 0.892. The molecule has 2 aromatic rings. The topological polar surface area (TPSA) is 70.3 Å². The monoisotopic (exact) mass is 189 g/mol. The second-order valence-corrected chi connectivity index (χ2v) is 2.99. The minimum absolute atomic E-state index is 0.258. The molecule has 0 bridgehead atoms. The standard InChI is InChI=1S/C9H7N3O2/c10-9-11-3-5-1-7-8(14-4-13-7)2-6(5)12-9/h1-3H,4H2,(H2,10,11,12). The number of anilines is 1. The van der Waals surface area contributed by atoms with Crippen LogP contribution in [0.15, 0.2) is 18.3 Å². The van der Waals surface area contributed by atoms with Gasteiger partial charge in [0.25, 0.3) is 0 Å². The van der Waals surface area contributed by atoms with E-state index in [2.05, 4.69) is 9.97 Å². The lowest BCUT2D eigenvalue weighted by Crippen LogP contribution is -1.93. The number of benzene rings is 1. The summed E-state index contributed by atoms with van der Waals surface area (Å²) < 4.78 is 10.5. The maximum Gasteiger partial charge on any atom is 0.231 e. The van der Waals surface area contributed by atoms with Crippen molar-refractivity contribution >= 4 is 16.9 Å². The average molecular weight is 189 g/mol. The van der Waals surface area contributed by atoms with E-state index in [1.165, 1.54) is 0 Å². The van der Waals surface area contributed by atoms with Crippen molar-refractivity contribution < 1.29 is 9.47 Å². The first-order chi connectivity index (χ1) is 6.83. The van der Waals surface area contributed by atoms with Crippen LogP contribution in [0.1, 0.15) is 0 Å². The van der Waals surface area contributed by atoms with E-state index < -0.39 is 0 Å². The molecule has 1 aliphatic heterocycles. The Hall–Kier alpha value is -2.04. The molecule has 5 nitrogen and oxygen atoms in total. The number of ether oxygens (including phenoxy) is 2. The molecule has 2 N–H and O–H groups in total. The molecule has 1 aliphatic rings. The van der Waals surface area contributed by atoms with Crippen LogP contribution < -0.4 is 15.2 Å². The number of nitrogen functional groups attached to an aromatic ring is 1. The fraction of sp³-hybridized carbons (Fsp3) is 0.111. The number of hydrogen-bond acceptors (Lipinski definition) is 5. The summed E-state index contributed by atoms with van der Waals surface area (Å²) in [5.74, 6) is 1.69. The maximum atomic E-state index is 5.47. The van der Waals surface area contributed by atoms with Gasteiger partial charge in [-0.25, -0.2) is 9.97 Å². The molecule has 0 saturated carbocycles. The molecule has 0 saturated heterocycles. The predicted molar refractivity (Wildman–Crippen MR) is 50.1 cm³/mol. The minimum Gasteiger partial charge on any atom is -0.454 e. The number of fused-ring (bicyclic) bond motifs is 2. The molecular weight excluding hydrogens is 182 g/mol. The van der Waals surface area contributed by atoms with Crippen molar-refractivity contribution in [2.24, 2.45) is 0 Å². The third-order valence-corrected chi connectivity index (χ3v) is 2.09. The smallest absolute Gasteiger partial charge is 0.231 e. The molecular formula is C9H7N3O2. The summed E-state index contributed by atoms with van der Waals surface area (Å²) in [6, 6.07) is 3.65. The van der Waals surface area contributed by atoms with Gasteiger partial charge in [-0.3, -0.25) is 0 Å². The first-order valence-electron chi connectivity index (χ1n) is 4.15. The van der Waals surface area contributed by atoms with Crippen molar-refractivity contribution in [3.8, 4) is 11.5 Å². The van der Waals surface area contributed by atoms with Crippen LogP contribution in [-0.4, -0.2) is 16.8 Å². The normalized spacial score (nSPS) is 13.4. The Kier molecular flexibility index (Phi) is 1.30. The quantitative estimate of drug-likeness (QED) is 0.667. The SMILES string of the molecule is Nc1ncc2cc3c(cc2n1)OCO3. The maximum absolute atomic E-state index is 5.47. The Morgan fingerprint density at radius 2 is 2.00 bits per heavy atom. The van der Waals surface area contributed by atoms with Crippen LogP contribution >= 0.6 is 0 Å². The molecule has 3 rings (SSSR count). The van der Waals surface area contributed by atoms with Crippen molar-refractivity contribution in [2.75, 3.05) is 12.5 Å². The molecule has 0 radical (unpaired) electrons. The van der Waals surface area contributed by atoms with Crippen molar-refractivity contribution in [1.29, 1.82) is 0 Å². The molecule has 0 unspecified atom stereocenters. The van der Waals surface area contributed by atoms with Crippen LogP contribution in [-0.2, 0) is 0 Å². The molecule has 0 amide bonds. The van der Waals surface area contributed by atoms with Gasteiger partial charge in [-0.1, -0.05) is 0 Å². The zero-order chi connectivity index (χ0) is 9.54. The summed E-state index contributed by atoms with van der Waals surface area (Å²) in [7, 11) is 0. The lowest BCUT2D eigenvalue weighted by atomic mass is 10.2. The highest BCUT2D eigenvalue weighted by Gasteiger charge is 2.14. The van der Waals surface area contributed by atoms with Crippen molar-refractivity contribution in [3.05, 3.63) is 18.3 Å². The Morgan fingerprint density at radius 3 is 2.86 bits per heavy atom. The van der Waals surface area contributed by atoms with Gasteiger partial charge in [-0.2, -0.15) is 0 Å². The number of hydrogen-bond donors (Lipinski definition) is 1. The van der Waals surface area contributed by atoms with Crippen LogP contribution in [0, 0.1) is 0 Å². The van der Waals surface area contributed by atoms with E-state index in [-0.39, 0.29) is 12.7 Å². The van der Waals surface area contributed by atoms with Crippen molar-refractivity contribution in [3.63, 3.8) is 0 Å². The molecule has 14 heavy (non-hydrogen) atoms. The lowest BCUT2D eigenvalue weighted by molar-refractivity contribution is 0.174. The highest BCUT2D eigenvalue weighted by Crippen LogP contribution is 2.35. The average Bonchev–Trinajstić information content (AvgIpc) is 2.61. The van der Waals surface area contributed by atoms with E-state index in [9.17, 15) is 0 Å². The summed E-state index contributed by atoms with van der Waals surface area (Å²) in [4.78, 5) is 7.99. The largest absolute Gasteiger partial charge is 0.454 e. The van der Waals surface area contributed by atoms with Gasteiger partial charge in [0.15, 0.2) is 11.5 Å². The van der Waals surface area contributed by atoms with Gasteiger partial charge < -0.3 is 15.2 Å². The van der Waals surface area contributed by atoms with E-state index in [4.69, 9.17) is 15.2 Å². The zero-order valence-electron chi connectivity index (χ0n) is 7.23. The van der Waals surface area contributed by atoms with Crippen LogP contribution in [0.5, 0.6) is 11.5 Å². The first-order valence-corrected chi connectivity index (χ1v) is 4.15. The van der Waals surface area contributed by atoms with Gasteiger partial charge in [0, 0.05) is 17.6 Å². The highest BCUT2D eigenvalue weighted by atomic mass is 16.7. The van der Waals surface area contributed by atoms with E-state index >= 15 is 0 Å². The van der Waals surface area contributed by atoms with Gasteiger partial charge in [0.1, 0.15) is 0 Å². The van der Waals surface area contributed by atoms with Gasteiger partial charge >= 0.3 is 0 Å². The van der Waals surface area contributed by atoms with Gasteiger partial charge in [-0.15, -0.1) is 0 Å². The Morgan fingerprint density at radius 1 is 1.21 bits per heavy atom. The molecule has 70 valence electrons. The minimum atomic E-state index is 0.258. The Labute approximate surface area is 79.5 Å². The summed E-state index contributed by atoms with van der Waals surface area (Å²) in [5.41, 5.74) is 6.24. The van der Waals surface area contributed by atoms with Crippen molar-refractivity contribution in [2.45, 2.75) is 0 Å². The number of nitrogens with two attached hydrogens (primary N) is 1. The summed E-state index contributed by atoms with van der Waals surface area (Å²) >= 11 is 0. The van der Waals surface area contributed by atoms with Gasteiger partial charge in [0.2, 0.25) is 12.7 Å². The van der Waals surface area contributed by atoms with Crippen LogP contribution in [0.25, 0.3) is 10.9 Å². The molecule has 0 fully saturated rings. The van der Waals surface area contributed by atoms with Crippen LogP contribution in [0.4, 0.5) is 5.95 Å². The fourth-order valence-electron chi connectivity index (χ4n) is 1.44. The molecule has 0 aliphatic carbocycles. The summed E-state index contributed by atoms with van der Waals surface area (Å²) in [6.07, 6.45) is 1.67. The van der Waals surface area contributed by atoms with E-state index in [1.54, 1.807) is 12.3 Å². The predicted octanol–water partition coefficient (Wildman–Crippen LogP) is 0.941. The third-order valence-electron chi connectivity index (χ3n) is 2.09. The Balaban J connectivity index is 2.33. The second-order valence-electron chi connectivity index (χ2n) is 2.99. The molecule has 2 heterocycles. The summed E-state index contributed by atoms with van der Waals surface area (Å²) in [6.45, 7) is 0.258. The molecule has 5 heteroatoms. The zero-order valence-corrected chi connectivity index (χ0v) is 7.23. The van der Waals surface area contributed by atoms with E-state index in [1.807, 2.05) is 6.07 Å². The molecule has 1 aromatic carbocycles. The third kappa shape index (κ3) is 0.953. The van der Waals surface area contributed by atoms with E-state index in [0.717, 1.165) is 16.7 Å². The highest BCUT2D eigenvalue weighted by molar-refractivity contribution is 5.82. The second kappa shape index (κ2) is 2.47. The van der Waals surface area contributed by atoms with Crippen LogP contribution in [0.2, 0.25) is 0 Å².